The predicted octanol–water partition coefficient (Wildman–Crippen LogP) is 0.240. The fourth-order valence-electron chi connectivity index (χ4n) is 0.631. The maximum atomic E-state index is 10.9. The van der Waals surface area contributed by atoms with Crippen molar-refractivity contribution < 1.29 is 9.53 Å². The molecule has 0 fully saturated rings. The molecule has 0 aromatic heterocycles. The topological polar surface area (TPSA) is 50.7 Å². The second-order valence-electron chi connectivity index (χ2n) is 1.90. The van der Waals surface area contributed by atoms with Crippen LogP contribution in [0.5, 0.6) is 0 Å². The number of hydrogen-bond acceptors (Lipinski definition) is 4. The summed E-state index contributed by atoms with van der Waals surface area (Å²) in [4.78, 5) is 14.6. The third-order valence-electron chi connectivity index (χ3n) is 1.17. The lowest BCUT2D eigenvalue weighted by molar-refractivity contribution is -0.144. The largest absolute Gasteiger partial charge is 0.465 e. The van der Waals surface area contributed by atoms with Crippen LogP contribution in [0.3, 0.4) is 0 Å². The zero-order valence-electron chi connectivity index (χ0n) is 5.87. The molecule has 0 aromatic rings. The number of methoxy groups -OCH3 is 1. The molecule has 0 radical (unpaired) electrons. The zero-order valence-corrected chi connectivity index (χ0v) is 6.63. The molecule has 1 atom stereocenters. The maximum absolute atomic E-state index is 10.9. The summed E-state index contributed by atoms with van der Waals surface area (Å²) in [7, 11) is 1.25. The van der Waals surface area contributed by atoms with E-state index < -0.39 is 11.1 Å². The lowest BCUT2D eigenvalue weighted by atomic mass is 10.4. The van der Waals surface area contributed by atoms with E-state index >= 15 is 0 Å². The zero-order chi connectivity index (χ0) is 8.32. The van der Waals surface area contributed by atoms with Gasteiger partial charge in [0, 0.05) is 12.4 Å². The van der Waals surface area contributed by atoms with Crippen LogP contribution in [0.25, 0.3) is 0 Å². The Hall–Kier alpha value is -1.03. The van der Waals surface area contributed by atoms with Gasteiger partial charge in [-0.05, 0) is 6.08 Å². The van der Waals surface area contributed by atoms with E-state index in [1.807, 2.05) is 0 Å². The summed E-state index contributed by atoms with van der Waals surface area (Å²) in [5.74, 6) is -0.625. The van der Waals surface area contributed by atoms with Crippen LogP contribution in [0.15, 0.2) is 17.3 Å². The number of carbonyl (C=O) groups excluding carboxylic acids is 1. The first-order chi connectivity index (χ1) is 5.19. The number of halogens is 1. The van der Waals surface area contributed by atoms with Crippen molar-refractivity contribution in [1.82, 2.24) is 5.32 Å². The summed E-state index contributed by atoms with van der Waals surface area (Å²) in [5, 5.41) is 1.09. The molecule has 1 rings (SSSR count). The van der Waals surface area contributed by atoms with Crippen LogP contribution in [-0.2, 0) is 9.53 Å². The highest BCUT2D eigenvalue weighted by Gasteiger charge is 2.36. The minimum absolute atomic E-state index is 0.625. The number of rotatable bonds is 1. The molecular weight excluding hydrogens is 168 g/mol. The normalized spacial score (nSPS) is 27.8. The molecule has 5 heteroatoms. The van der Waals surface area contributed by atoms with Crippen LogP contribution in [-0.4, -0.2) is 24.4 Å². The quantitative estimate of drug-likeness (QED) is 0.352. The second-order valence-corrected chi connectivity index (χ2v) is 2.44. The van der Waals surface area contributed by atoms with Gasteiger partial charge >= 0.3 is 11.1 Å². The lowest BCUT2D eigenvalue weighted by Gasteiger charge is -2.21. The van der Waals surface area contributed by atoms with Crippen molar-refractivity contribution in [3.63, 3.8) is 0 Å². The van der Waals surface area contributed by atoms with Crippen LogP contribution in [0, 0.1) is 0 Å². The number of nitrogens with zero attached hydrogens (tertiary/aromatic N) is 1. The molecule has 0 aliphatic carbocycles. The van der Waals surface area contributed by atoms with Crippen molar-refractivity contribution in [1.29, 1.82) is 0 Å². The summed E-state index contributed by atoms with van der Waals surface area (Å²) in [6.07, 6.45) is 4.58. The summed E-state index contributed by atoms with van der Waals surface area (Å²) in [5.41, 5.74) is 0. The molecule has 0 aromatic carbocycles. The number of allylic oxidation sites excluding steroid dienone is 1. The fourth-order valence-corrected chi connectivity index (χ4v) is 0.828. The molecular formula is C6H7ClN2O2. The van der Waals surface area contributed by atoms with Gasteiger partial charge in [0.25, 0.3) is 0 Å². The molecule has 0 saturated heterocycles. The Labute approximate surface area is 68.9 Å². The first-order valence-electron chi connectivity index (χ1n) is 2.94. The molecule has 1 heterocycles. The van der Waals surface area contributed by atoms with E-state index in [1.165, 1.54) is 19.5 Å². The average Bonchev–Trinajstić information content (AvgIpc) is 2.04. The van der Waals surface area contributed by atoms with Crippen molar-refractivity contribution in [2.45, 2.75) is 5.12 Å². The monoisotopic (exact) mass is 174 g/mol. The SMILES string of the molecule is COC(=O)C1(Cl)N=CC=CN1. The van der Waals surface area contributed by atoms with E-state index in [1.54, 1.807) is 6.08 Å². The number of esters is 1. The minimum Gasteiger partial charge on any atom is -0.465 e. The number of carbonyl (C=O) groups is 1. The minimum atomic E-state index is -1.47. The van der Waals surface area contributed by atoms with Gasteiger partial charge < -0.3 is 10.1 Å². The average molecular weight is 175 g/mol. The van der Waals surface area contributed by atoms with Gasteiger partial charge in [-0.2, -0.15) is 0 Å². The molecule has 1 unspecified atom stereocenters. The first-order valence-corrected chi connectivity index (χ1v) is 3.32. The van der Waals surface area contributed by atoms with Gasteiger partial charge in [-0.25, -0.2) is 9.79 Å². The number of nitrogens with one attached hydrogen (secondary N) is 1. The Balaban J connectivity index is 2.75. The smallest absolute Gasteiger partial charge is 0.371 e. The van der Waals surface area contributed by atoms with Crippen molar-refractivity contribution in [3.8, 4) is 0 Å². The Morgan fingerprint density at radius 3 is 3.00 bits per heavy atom. The standard InChI is InChI=1S/C6H7ClN2O2/c1-11-5(10)6(7)8-3-2-4-9-6/h2-4,8H,1H3. The van der Waals surface area contributed by atoms with Gasteiger partial charge in [-0.1, -0.05) is 11.6 Å². The number of alkyl halides is 1. The second kappa shape index (κ2) is 2.92. The third-order valence-corrected chi connectivity index (χ3v) is 1.53. The van der Waals surface area contributed by atoms with Gasteiger partial charge in [-0.3, -0.25) is 0 Å². The summed E-state index contributed by atoms with van der Waals surface area (Å²) in [6, 6.07) is 0. The van der Waals surface area contributed by atoms with E-state index in [0.29, 0.717) is 0 Å². The van der Waals surface area contributed by atoms with Crippen LogP contribution in [0.1, 0.15) is 0 Å². The third kappa shape index (κ3) is 1.51. The van der Waals surface area contributed by atoms with Gasteiger partial charge in [0.2, 0.25) is 0 Å². The Morgan fingerprint density at radius 1 is 1.82 bits per heavy atom. The molecule has 60 valence electrons. The molecule has 0 saturated carbocycles. The highest BCUT2D eigenvalue weighted by Crippen LogP contribution is 2.16. The van der Waals surface area contributed by atoms with Gasteiger partial charge in [-0.15, -0.1) is 0 Å². The van der Waals surface area contributed by atoms with Crippen molar-refractivity contribution in [3.05, 3.63) is 12.3 Å². The Kier molecular flexibility index (Phi) is 2.14. The van der Waals surface area contributed by atoms with Crippen LogP contribution < -0.4 is 5.32 Å². The summed E-state index contributed by atoms with van der Waals surface area (Å²) in [6.45, 7) is 0. The van der Waals surface area contributed by atoms with E-state index in [-0.39, 0.29) is 0 Å². The maximum Gasteiger partial charge on any atom is 0.371 e. The van der Waals surface area contributed by atoms with Crippen molar-refractivity contribution in [2.24, 2.45) is 4.99 Å². The molecule has 4 nitrogen and oxygen atoms in total. The Bertz CT molecular complexity index is 227. The van der Waals surface area contributed by atoms with Gasteiger partial charge in [0.05, 0.1) is 7.11 Å². The molecule has 0 spiro atoms. The highest BCUT2D eigenvalue weighted by atomic mass is 35.5. The van der Waals surface area contributed by atoms with Crippen LogP contribution in [0.2, 0.25) is 0 Å². The van der Waals surface area contributed by atoms with Crippen LogP contribution in [0.4, 0.5) is 0 Å². The summed E-state index contributed by atoms with van der Waals surface area (Å²) < 4.78 is 4.41. The van der Waals surface area contributed by atoms with Gasteiger partial charge in [0.1, 0.15) is 0 Å². The number of ether oxygens (including phenoxy) is 1. The molecule has 1 aliphatic rings. The van der Waals surface area contributed by atoms with E-state index in [9.17, 15) is 4.79 Å². The highest BCUT2D eigenvalue weighted by molar-refractivity contribution is 6.34. The molecule has 1 N–H and O–H groups in total. The molecule has 1 aliphatic heterocycles. The van der Waals surface area contributed by atoms with E-state index in [2.05, 4.69) is 15.0 Å². The van der Waals surface area contributed by atoms with E-state index in [0.717, 1.165) is 0 Å². The molecule has 11 heavy (non-hydrogen) atoms. The lowest BCUT2D eigenvalue weighted by Crippen LogP contribution is -2.44. The molecule has 0 bridgehead atoms. The van der Waals surface area contributed by atoms with E-state index in [4.69, 9.17) is 11.6 Å². The van der Waals surface area contributed by atoms with Crippen molar-refractivity contribution in [2.75, 3.05) is 7.11 Å². The number of hydrogen-bond donors (Lipinski definition) is 1. The van der Waals surface area contributed by atoms with Crippen LogP contribution >= 0.6 is 11.6 Å². The predicted molar refractivity (Wildman–Crippen MR) is 41.4 cm³/mol. The van der Waals surface area contributed by atoms with Gasteiger partial charge in [0.15, 0.2) is 0 Å². The molecule has 0 amide bonds. The Morgan fingerprint density at radius 2 is 2.55 bits per heavy atom. The summed E-state index contributed by atoms with van der Waals surface area (Å²) >= 11 is 5.69. The van der Waals surface area contributed by atoms with Crippen molar-refractivity contribution >= 4 is 23.8 Å². The fraction of sp³-hybridized carbons (Fsp3) is 0.333. The number of aliphatic imine (C=N–C) groups is 1. The first kappa shape index (κ1) is 8.07.